The second kappa shape index (κ2) is 12.5. The summed E-state index contributed by atoms with van der Waals surface area (Å²) in [5.74, 6) is -0.364. The van der Waals surface area contributed by atoms with Gasteiger partial charge < -0.3 is 20.5 Å². The van der Waals surface area contributed by atoms with Crippen LogP contribution >= 0.6 is 24.8 Å². The number of methoxy groups -OCH3 is 1. The molecule has 162 valence electrons. The predicted molar refractivity (Wildman–Crippen MR) is 104 cm³/mol. The third-order valence-corrected chi connectivity index (χ3v) is 4.26. The number of benzene rings is 1. The van der Waals surface area contributed by atoms with Crippen molar-refractivity contribution in [3.63, 3.8) is 0 Å². The molecule has 2 atom stereocenters. The molecule has 11 heteroatoms. The summed E-state index contributed by atoms with van der Waals surface area (Å²) in [5, 5.41) is 2.76. The zero-order chi connectivity index (χ0) is 19.2. The van der Waals surface area contributed by atoms with E-state index in [-0.39, 0.29) is 49.9 Å². The fraction of sp³-hybridized carbons (Fsp3) is 0.588. The molecule has 0 aliphatic carbocycles. The SMILES string of the molecule is COCC(N)C(=O)NCC(c1ccc(C(F)(F)F)cc1)N1CCOCC1.Cl.Cl. The zero-order valence-corrected chi connectivity index (χ0v) is 17.0. The van der Waals surface area contributed by atoms with Gasteiger partial charge in [-0.1, -0.05) is 12.1 Å². The van der Waals surface area contributed by atoms with Crippen LogP contribution in [-0.2, 0) is 20.4 Å². The van der Waals surface area contributed by atoms with E-state index in [9.17, 15) is 18.0 Å². The maximum Gasteiger partial charge on any atom is 0.416 e. The van der Waals surface area contributed by atoms with Crippen molar-refractivity contribution in [2.75, 3.05) is 46.6 Å². The summed E-state index contributed by atoms with van der Waals surface area (Å²) < 4.78 is 48.5. The number of carbonyl (C=O) groups is 1. The molecule has 1 aliphatic heterocycles. The van der Waals surface area contributed by atoms with Crippen molar-refractivity contribution in [3.05, 3.63) is 35.4 Å². The topological polar surface area (TPSA) is 76.8 Å². The molecule has 6 nitrogen and oxygen atoms in total. The monoisotopic (exact) mass is 447 g/mol. The van der Waals surface area contributed by atoms with Crippen LogP contribution in [0.4, 0.5) is 13.2 Å². The quantitative estimate of drug-likeness (QED) is 0.668. The molecule has 1 aromatic rings. The van der Waals surface area contributed by atoms with Crippen LogP contribution in [0.15, 0.2) is 24.3 Å². The Hall–Kier alpha value is -1.10. The van der Waals surface area contributed by atoms with Gasteiger partial charge in [0.2, 0.25) is 5.91 Å². The van der Waals surface area contributed by atoms with Gasteiger partial charge in [-0.25, -0.2) is 0 Å². The molecule has 1 aromatic carbocycles. The molecule has 2 rings (SSSR count). The summed E-state index contributed by atoms with van der Waals surface area (Å²) in [6, 6.07) is 3.95. The molecule has 1 saturated heterocycles. The lowest BCUT2D eigenvalue weighted by Crippen LogP contribution is -2.48. The van der Waals surface area contributed by atoms with Gasteiger partial charge in [-0.15, -0.1) is 24.8 Å². The third kappa shape index (κ3) is 7.73. The number of morpholine rings is 1. The number of alkyl halides is 3. The molecule has 1 heterocycles. The first-order valence-electron chi connectivity index (χ1n) is 8.34. The van der Waals surface area contributed by atoms with Crippen molar-refractivity contribution >= 4 is 30.7 Å². The van der Waals surface area contributed by atoms with Gasteiger partial charge >= 0.3 is 6.18 Å². The van der Waals surface area contributed by atoms with E-state index in [2.05, 4.69) is 10.2 Å². The number of amides is 1. The van der Waals surface area contributed by atoms with E-state index in [1.54, 1.807) is 0 Å². The lowest BCUT2D eigenvalue weighted by atomic mass is 10.0. The molecule has 0 saturated carbocycles. The highest BCUT2D eigenvalue weighted by Crippen LogP contribution is 2.31. The van der Waals surface area contributed by atoms with Crippen LogP contribution < -0.4 is 11.1 Å². The molecule has 0 radical (unpaired) electrons. The summed E-state index contributed by atoms with van der Waals surface area (Å²) in [6.45, 7) is 2.66. The zero-order valence-electron chi connectivity index (χ0n) is 15.4. The fourth-order valence-corrected chi connectivity index (χ4v) is 2.82. The minimum absolute atomic E-state index is 0. The van der Waals surface area contributed by atoms with Crippen LogP contribution in [0, 0.1) is 0 Å². The van der Waals surface area contributed by atoms with Gasteiger partial charge in [0, 0.05) is 26.7 Å². The number of carbonyl (C=O) groups excluding carboxylic acids is 1. The van der Waals surface area contributed by atoms with Gasteiger partial charge in [0.1, 0.15) is 6.04 Å². The normalized spacial score (nSPS) is 17.0. The molecular weight excluding hydrogens is 422 g/mol. The number of nitrogens with two attached hydrogens (primary N) is 1. The summed E-state index contributed by atoms with van der Waals surface area (Å²) in [7, 11) is 1.45. The summed E-state index contributed by atoms with van der Waals surface area (Å²) in [6.07, 6.45) is -4.38. The third-order valence-electron chi connectivity index (χ3n) is 4.26. The van der Waals surface area contributed by atoms with Gasteiger partial charge in [0.15, 0.2) is 0 Å². The molecule has 0 aromatic heterocycles. The minimum atomic E-state index is -4.38. The number of hydrogen-bond donors (Lipinski definition) is 2. The molecule has 1 amide bonds. The molecule has 28 heavy (non-hydrogen) atoms. The van der Waals surface area contributed by atoms with E-state index in [1.807, 2.05) is 0 Å². The van der Waals surface area contributed by atoms with Crippen LogP contribution in [0.25, 0.3) is 0 Å². The van der Waals surface area contributed by atoms with Crippen LogP contribution in [0.1, 0.15) is 17.2 Å². The van der Waals surface area contributed by atoms with Crippen LogP contribution in [0.2, 0.25) is 0 Å². The first-order chi connectivity index (χ1) is 12.3. The number of rotatable bonds is 7. The van der Waals surface area contributed by atoms with Crippen molar-refractivity contribution in [3.8, 4) is 0 Å². The molecule has 0 bridgehead atoms. The molecule has 1 fully saturated rings. The van der Waals surface area contributed by atoms with Crippen LogP contribution in [0.5, 0.6) is 0 Å². The molecular formula is C17H26Cl2F3N3O3. The smallest absolute Gasteiger partial charge is 0.383 e. The minimum Gasteiger partial charge on any atom is -0.383 e. The maximum absolute atomic E-state index is 12.8. The number of hydrogen-bond acceptors (Lipinski definition) is 5. The van der Waals surface area contributed by atoms with Crippen molar-refractivity contribution < 1.29 is 27.4 Å². The Morgan fingerprint density at radius 2 is 1.82 bits per heavy atom. The van der Waals surface area contributed by atoms with E-state index in [0.29, 0.717) is 31.9 Å². The Morgan fingerprint density at radius 1 is 1.25 bits per heavy atom. The summed E-state index contributed by atoms with van der Waals surface area (Å²) >= 11 is 0. The first kappa shape index (κ1) is 26.9. The van der Waals surface area contributed by atoms with Gasteiger partial charge in [0.05, 0.1) is 31.4 Å². The number of halogens is 5. The second-order valence-corrected chi connectivity index (χ2v) is 6.09. The van der Waals surface area contributed by atoms with E-state index < -0.39 is 17.8 Å². The Kier molecular flexibility index (Phi) is 12.0. The van der Waals surface area contributed by atoms with E-state index in [0.717, 1.165) is 12.1 Å². The summed E-state index contributed by atoms with van der Waals surface area (Å²) in [5.41, 5.74) is 5.70. The maximum atomic E-state index is 12.8. The highest BCUT2D eigenvalue weighted by atomic mass is 35.5. The Labute approximate surface area is 174 Å². The Balaban J connectivity index is 0.00000364. The fourth-order valence-electron chi connectivity index (χ4n) is 2.82. The Morgan fingerprint density at radius 3 is 2.32 bits per heavy atom. The molecule has 3 N–H and O–H groups in total. The predicted octanol–water partition coefficient (Wildman–Crippen LogP) is 2.01. The van der Waals surface area contributed by atoms with Crippen LogP contribution in [-0.4, -0.2) is 63.4 Å². The standard InChI is InChI=1S/C17H24F3N3O3.2ClH/c1-25-11-14(21)16(24)22-10-15(23-6-8-26-9-7-23)12-2-4-13(5-3-12)17(18,19)20;;/h2-5,14-15H,6-11,21H2,1H3,(H,22,24);2*1H. The van der Waals surface area contributed by atoms with Crippen LogP contribution in [0.3, 0.4) is 0 Å². The number of ether oxygens (including phenoxy) is 2. The second-order valence-electron chi connectivity index (χ2n) is 6.09. The molecule has 1 aliphatic rings. The van der Waals surface area contributed by atoms with Gasteiger partial charge in [0.25, 0.3) is 0 Å². The highest BCUT2D eigenvalue weighted by molar-refractivity contribution is 5.85. The molecule has 2 unspecified atom stereocenters. The van der Waals surface area contributed by atoms with Crippen molar-refractivity contribution in [1.29, 1.82) is 0 Å². The van der Waals surface area contributed by atoms with E-state index >= 15 is 0 Å². The van der Waals surface area contributed by atoms with E-state index in [1.165, 1.54) is 19.2 Å². The number of nitrogens with zero attached hydrogens (tertiary/aromatic N) is 1. The Bertz CT molecular complexity index is 585. The first-order valence-corrected chi connectivity index (χ1v) is 8.34. The lowest BCUT2D eigenvalue weighted by Gasteiger charge is -2.35. The van der Waals surface area contributed by atoms with Crippen molar-refractivity contribution in [1.82, 2.24) is 10.2 Å². The average molecular weight is 448 g/mol. The largest absolute Gasteiger partial charge is 0.416 e. The average Bonchev–Trinajstić information content (AvgIpc) is 2.62. The van der Waals surface area contributed by atoms with Gasteiger partial charge in [-0.3, -0.25) is 9.69 Å². The molecule has 0 spiro atoms. The van der Waals surface area contributed by atoms with Gasteiger partial charge in [-0.2, -0.15) is 13.2 Å². The van der Waals surface area contributed by atoms with Gasteiger partial charge in [-0.05, 0) is 17.7 Å². The summed E-state index contributed by atoms with van der Waals surface area (Å²) in [4.78, 5) is 14.1. The number of nitrogens with one attached hydrogen (secondary N) is 1. The van der Waals surface area contributed by atoms with Crippen molar-refractivity contribution in [2.24, 2.45) is 5.73 Å². The lowest BCUT2D eigenvalue weighted by molar-refractivity contribution is -0.137. The van der Waals surface area contributed by atoms with Crippen molar-refractivity contribution in [2.45, 2.75) is 18.3 Å². The highest BCUT2D eigenvalue weighted by Gasteiger charge is 2.31. The van der Waals surface area contributed by atoms with E-state index in [4.69, 9.17) is 15.2 Å².